The van der Waals surface area contributed by atoms with Gasteiger partial charge in [-0.3, -0.25) is 0 Å². The number of aromatic nitrogens is 2. The summed E-state index contributed by atoms with van der Waals surface area (Å²) in [5.41, 5.74) is 8.41. The van der Waals surface area contributed by atoms with Crippen molar-refractivity contribution >= 4 is 23.7 Å². The fourth-order valence-electron chi connectivity index (χ4n) is 1.95. The molecular formula is C15H17N3S. The van der Waals surface area contributed by atoms with Gasteiger partial charge in [-0.15, -0.1) is 18.2 Å². The fraction of sp³-hybridized carbons (Fsp3) is 0.333. The third-order valence-corrected chi connectivity index (χ3v) is 4.64. The van der Waals surface area contributed by atoms with Crippen LogP contribution in [0, 0.1) is 19.3 Å². The van der Waals surface area contributed by atoms with Gasteiger partial charge in [0.15, 0.2) is 0 Å². The molecule has 1 atom stereocenters. The number of nitrogen functional groups attached to an aromatic ring is 1. The van der Waals surface area contributed by atoms with Gasteiger partial charge in [0.25, 0.3) is 0 Å². The lowest BCUT2D eigenvalue weighted by molar-refractivity contribution is 0.849. The predicted molar refractivity (Wildman–Crippen MR) is 82.4 cm³/mol. The molecule has 19 heavy (non-hydrogen) atoms. The lowest BCUT2D eigenvalue weighted by atomic mass is 10.1. The molecule has 0 saturated heterocycles. The van der Waals surface area contributed by atoms with Crippen molar-refractivity contribution < 1.29 is 0 Å². The van der Waals surface area contributed by atoms with Crippen LogP contribution in [0.4, 0.5) is 5.82 Å². The van der Waals surface area contributed by atoms with Crippen molar-refractivity contribution in [1.82, 2.24) is 9.97 Å². The molecule has 98 valence electrons. The largest absolute Gasteiger partial charge is 0.383 e. The number of thioether (sulfide) groups is 1. The number of aryl methyl sites for hydroxylation is 1. The summed E-state index contributed by atoms with van der Waals surface area (Å²) in [6, 6.07) is 0. The number of anilines is 1. The average molecular weight is 271 g/mol. The first-order valence-corrected chi connectivity index (χ1v) is 7.16. The molecule has 0 spiro atoms. The molecule has 2 rings (SSSR count). The van der Waals surface area contributed by atoms with Crippen molar-refractivity contribution in [3.8, 4) is 12.3 Å². The van der Waals surface area contributed by atoms with Gasteiger partial charge in [0, 0.05) is 21.3 Å². The zero-order valence-corrected chi connectivity index (χ0v) is 12.0. The van der Waals surface area contributed by atoms with E-state index < -0.39 is 0 Å². The molecule has 2 heterocycles. The van der Waals surface area contributed by atoms with Crippen LogP contribution in [0.15, 0.2) is 22.9 Å². The number of allylic oxidation sites excluding steroid dienone is 2. The minimum Gasteiger partial charge on any atom is -0.383 e. The van der Waals surface area contributed by atoms with E-state index in [2.05, 4.69) is 28.9 Å². The molecule has 0 bridgehead atoms. The average Bonchev–Trinajstić information content (AvgIpc) is 2.87. The van der Waals surface area contributed by atoms with Crippen LogP contribution in [0.25, 0.3) is 6.08 Å². The number of hydrogen-bond donors (Lipinski definition) is 1. The lowest BCUT2D eigenvalue weighted by Crippen LogP contribution is -1.99. The number of hydrogen-bond acceptors (Lipinski definition) is 4. The lowest BCUT2D eigenvalue weighted by Gasteiger charge is -2.08. The molecule has 2 N–H and O–H groups in total. The zero-order valence-electron chi connectivity index (χ0n) is 11.2. The van der Waals surface area contributed by atoms with Gasteiger partial charge in [0.2, 0.25) is 0 Å². The highest BCUT2D eigenvalue weighted by atomic mass is 32.2. The minimum atomic E-state index is 0.468. The smallest absolute Gasteiger partial charge is 0.134 e. The zero-order chi connectivity index (χ0) is 13.8. The Kier molecular flexibility index (Phi) is 4.28. The fourth-order valence-corrected chi connectivity index (χ4v) is 3.10. The van der Waals surface area contributed by atoms with Gasteiger partial charge in [0.1, 0.15) is 12.1 Å². The van der Waals surface area contributed by atoms with Crippen LogP contribution in [0.1, 0.15) is 31.0 Å². The molecule has 0 aliphatic carbocycles. The van der Waals surface area contributed by atoms with E-state index in [9.17, 15) is 0 Å². The van der Waals surface area contributed by atoms with Crippen LogP contribution in [-0.4, -0.2) is 15.2 Å². The van der Waals surface area contributed by atoms with Gasteiger partial charge in [0.05, 0.1) is 5.69 Å². The first kappa shape index (κ1) is 13.7. The highest BCUT2D eigenvalue weighted by molar-refractivity contribution is 8.04. The summed E-state index contributed by atoms with van der Waals surface area (Å²) in [7, 11) is 0. The predicted octanol–water partition coefficient (Wildman–Crippen LogP) is 3.18. The maximum absolute atomic E-state index is 5.89. The Bertz CT molecular complexity index is 561. The quantitative estimate of drug-likeness (QED) is 0.858. The van der Waals surface area contributed by atoms with Crippen molar-refractivity contribution in [2.75, 3.05) is 5.73 Å². The molecule has 1 aliphatic heterocycles. The van der Waals surface area contributed by atoms with Crippen molar-refractivity contribution in [2.45, 2.75) is 31.9 Å². The van der Waals surface area contributed by atoms with Gasteiger partial charge in [-0.2, -0.15) is 0 Å². The van der Waals surface area contributed by atoms with Crippen molar-refractivity contribution in [1.29, 1.82) is 0 Å². The molecule has 1 aromatic heterocycles. The van der Waals surface area contributed by atoms with Crippen molar-refractivity contribution in [2.24, 2.45) is 0 Å². The third kappa shape index (κ3) is 2.99. The molecule has 0 saturated carbocycles. The second kappa shape index (κ2) is 5.94. The van der Waals surface area contributed by atoms with Crippen LogP contribution in [0.2, 0.25) is 0 Å². The van der Waals surface area contributed by atoms with Crippen LogP contribution < -0.4 is 5.73 Å². The van der Waals surface area contributed by atoms with Crippen molar-refractivity contribution in [3.63, 3.8) is 0 Å². The molecule has 1 aliphatic rings. The van der Waals surface area contributed by atoms with E-state index in [1.165, 1.54) is 6.33 Å². The van der Waals surface area contributed by atoms with E-state index >= 15 is 0 Å². The van der Waals surface area contributed by atoms with Crippen molar-refractivity contribution in [3.05, 3.63) is 34.1 Å². The third-order valence-electron chi connectivity index (χ3n) is 3.14. The molecule has 0 fully saturated rings. The Hall–Kier alpha value is -1.73. The van der Waals surface area contributed by atoms with Gasteiger partial charge >= 0.3 is 0 Å². The number of rotatable bonds is 3. The summed E-state index contributed by atoms with van der Waals surface area (Å²) < 4.78 is 0. The van der Waals surface area contributed by atoms with E-state index in [1.54, 1.807) is 0 Å². The second-order valence-electron chi connectivity index (χ2n) is 4.41. The Morgan fingerprint density at radius 3 is 3.00 bits per heavy atom. The number of nitrogens with two attached hydrogens (primary N) is 1. The molecule has 1 unspecified atom stereocenters. The maximum atomic E-state index is 5.89. The Morgan fingerprint density at radius 2 is 2.42 bits per heavy atom. The topological polar surface area (TPSA) is 51.8 Å². The number of terminal acetylenes is 1. The van der Waals surface area contributed by atoms with E-state index in [0.29, 0.717) is 11.1 Å². The summed E-state index contributed by atoms with van der Waals surface area (Å²) in [5.74, 6) is 3.22. The highest BCUT2D eigenvalue weighted by Crippen LogP contribution is 2.39. The Labute approximate surface area is 118 Å². The van der Waals surface area contributed by atoms with E-state index in [0.717, 1.165) is 34.6 Å². The molecule has 3 nitrogen and oxygen atoms in total. The Morgan fingerprint density at radius 1 is 1.63 bits per heavy atom. The van der Waals surface area contributed by atoms with E-state index in [4.69, 9.17) is 12.2 Å². The van der Waals surface area contributed by atoms with Gasteiger partial charge in [-0.1, -0.05) is 18.9 Å². The molecular weight excluding hydrogens is 254 g/mol. The SMILES string of the molecule is C#C/C(=C\c1c(C)ncnc1N)C1=CCC(CC)S1. The highest BCUT2D eigenvalue weighted by Gasteiger charge is 2.18. The van der Waals surface area contributed by atoms with Crippen LogP contribution >= 0.6 is 11.8 Å². The Balaban J connectivity index is 2.33. The first-order valence-electron chi connectivity index (χ1n) is 6.28. The first-order chi connectivity index (χ1) is 9.15. The second-order valence-corrected chi connectivity index (χ2v) is 5.75. The van der Waals surface area contributed by atoms with Gasteiger partial charge < -0.3 is 5.73 Å². The molecule has 4 heteroatoms. The van der Waals surface area contributed by atoms with Crippen LogP contribution in [0.5, 0.6) is 0 Å². The summed E-state index contributed by atoms with van der Waals surface area (Å²) in [6.07, 6.45) is 13.5. The summed E-state index contributed by atoms with van der Waals surface area (Å²) in [4.78, 5) is 9.33. The summed E-state index contributed by atoms with van der Waals surface area (Å²) in [6.45, 7) is 4.10. The number of nitrogens with zero attached hydrogens (tertiary/aromatic N) is 2. The maximum Gasteiger partial charge on any atom is 0.134 e. The van der Waals surface area contributed by atoms with Crippen LogP contribution in [0.3, 0.4) is 0 Å². The standard InChI is InChI=1S/C15H17N3S/c1-4-11(14-7-6-12(5-2)19-14)8-13-10(3)17-9-18-15(13)16/h1,7-9,12H,5-6H2,2-3H3,(H2,16,17,18)/b11-8+. The molecule has 0 aromatic carbocycles. The summed E-state index contributed by atoms with van der Waals surface area (Å²) >= 11 is 1.84. The van der Waals surface area contributed by atoms with Gasteiger partial charge in [-0.05, 0) is 25.8 Å². The molecule has 0 amide bonds. The summed E-state index contributed by atoms with van der Waals surface area (Å²) in [5, 5.41) is 0.636. The van der Waals surface area contributed by atoms with Gasteiger partial charge in [-0.25, -0.2) is 9.97 Å². The minimum absolute atomic E-state index is 0.468. The monoisotopic (exact) mass is 271 g/mol. The molecule has 0 radical (unpaired) electrons. The van der Waals surface area contributed by atoms with E-state index in [-0.39, 0.29) is 0 Å². The van der Waals surface area contributed by atoms with Crippen LogP contribution in [-0.2, 0) is 0 Å². The molecule has 1 aromatic rings. The normalized spacial score (nSPS) is 19.1. The van der Waals surface area contributed by atoms with E-state index in [1.807, 2.05) is 24.8 Å².